The Bertz CT molecular complexity index is 740. The van der Waals surface area contributed by atoms with Gasteiger partial charge in [-0.25, -0.2) is 0 Å². The molecule has 1 unspecified atom stereocenters. The van der Waals surface area contributed by atoms with Gasteiger partial charge in [0, 0.05) is 29.1 Å². The van der Waals surface area contributed by atoms with Crippen LogP contribution in [0.3, 0.4) is 0 Å². The van der Waals surface area contributed by atoms with Crippen molar-refractivity contribution >= 4 is 10.9 Å². The number of hydrogen-bond donors (Lipinski definition) is 2. The zero-order valence-electron chi connectivity index (χ0n) is 10.5. The van der Waals surface area contributed by atoms with E-state index in [1.165, 1.54) is 0 Å². The maximum atomic E-state index is 11.2. The predicted octanol–water partition coefficient (Wildman–Crippen LogP) is 3.33. The van der Waals surface area contributed by atoms with E-state index < -0.39 is 5.60 Å². The first kappa shape index (κ1) is 10.9. The van der Waals surface area contributed by atoms with Crippen molar-refractivity contribution in [2.24, 2.45) is 0 Å². The van der Waals surface area contributed by atoms with Crippen molar-refractivity contribution in [3.05, 3.63) is 59.7 Å². The van der Waals surface area contributed by atoms with Gasteiger partial charge in [0.1, 0.15) is 11.4 Å². The monoisotopic (exact) mass is 253 g/mol. The van der Waals surface area contributed by atoms with Gasteiger partial charge in [-0.1, -0.05) is 12.1 Å². The minimum Gasteiger partial charge on any atom is -0.469 e. The third kappa shape index (κ3) is 1.42. The van der Waals surface area contributed by atoms with Crippen LogP contribution in [0.2, 0.25) is 0 Å². The molecule has 0 amide bonds. The molecule has 0 radical (unpaired) electrons. The van der Waals surface area contributed by atoms with Crippen molar-refractivity contribution in [2.45, 2.75) is 24.9 Å². The summed E-state index contributed by atoms with van der Waals surface area (Å²) in [7, 11) is 0. The lowest BCUT2D eigenvalue weighted by Gasteiger charge is -2.32. The van der Waals surface area contributed by atoms with Crippen molar-refractivity contribution in [3.63, 3.8) is 0 Å². The Morgan fingerprint density at radius 2 is 2.11 bits per heavy atom. The fraction of sp³-hybridized carbons (Fsp3) is 0.250. The van der Waals surface area contributed by atoms with Crippen molar-refractivity contribution in [1.29, 1.82) is 0 Å². The van der Waals surface area contributed by atoms with E-state index in [1.54, 1.807) is 6.26 Å². The standard InChI is InChI=1S/C16H15NO2/c18-16(8-2-5-15-13(16)7-10-19-15)12-3-1-4-14-11(12)6-9-17-14/h1,3-4,6-7,9-10,17-18H,2,5,8H2. The summed E-state index contributed by atoms with van der Waals surface area (Å²) in [6.45, 7) is 0. The fourth-order valence-electron chi connectivity index (χ4n) is 3.27. The van der Waals surface area contributed by atoms with Gasteiger partial charge in [-0.3, -0.25) is 0 Å². The van der Waals surface area contributed by atoms with Crippen molar-refractivity contribution < 1.29 is 9.52 Å². The summed E-state index contributed by atoms with van der Waals surface area (Å²) in [6, 6.07) is 9.96. The SMILES string of the molecule is OC1(c2cccc3[nH]ccc23)CCCc2occc21. The molecule has 2 aromatic heterocycles. The average Bonchev–Trinajstić information content (AvgIpc) is 3.07. The van der Waals surface area contributed by atoms with Crippen LogP contribution in [0.5, 0.6) is 0 Å². The molecule has 3 nitrogen and oxygen atoms in total. The molecule has 1 atom stereocenters. The number of H-pyrrole nitrogens is 1. The summed E-state index contributed by atoms with van der Waals surface area (Å²) >= 11 is 0. The second-order valence-corrected chi connectivity index (χ2v) is 5.22. The first-order valence-corrected chi connectivity index (χ1v) is 6.65. The van der Waals surface area contributed by atoms with Crippen molar-refractivity contribution in [2.75, 3.05) is 0 Å². The Labute approximate surface area is 110 Å². The number of aromatic nitrogens is 1. The van der Waals surface area contributed by atoms with Gasteiger partial charge >= 0.3 is 0 Å². The number of hydrogen-bond acceptors (Lipinski definition) is 2. The highest BCUT2D eigenvalue weighted by molar-refractivity contribution is 5.84. The third-order valence-electron chi connectivity index (χ3n) is 4.17. The van der Waals surface area contributed by atoms with Crippen LogP contribution in [0.4, 0.5) is 0 Å². The largest absolute Gasteiger partial charge is 0.469 e. The van der Waals surface area contributed by atoms with Crippen LogP contribution in [0.25, 0.3) is 10.9 Å². The zero-order chi connectivity index (χ0) is 12.9. The van der Waals surface area contributed by atoms with Crippen molar-refractivity contribution in [1.82, 2.24) is 4.98 Å². The summed E-state index contributed by atoms with van der Waals surface area (Å²) in [5, 5.41) is 12.3. The quantitative estimate of drug-likeness (QED) is 0.698. The molecule has 2 heterocycles. The minimum atomic E-state index is -0.928. The van der Waals surface area contributed by atoms with E-state index in [9.17, 15) is 5.11 Å². The molecule has 3 aromatic rings. The minimum absolute atomic E-state index is 0.740. The van der Waals surface area contributed by atoms with Gasteiger partial charge < -0.3 is 14.5 Å². The Hall–Kier alpha value is -2.00. The van der Waals surface area contributed by atoms with E-state index >= 15 is 0 Å². The number of aliphatic hydroxyl groups is 1. The van der Waals surface area contributed by atoms with Crippen LogP contribution < -0.4 is 0 Å². The average molecular weight is 253 g/mol. The van der Waals surface area contributed by atoms with Crippen LogP contribution in [-0.4, -0.2) is 10.1 Å². The smallest absolute Gasteiger partial charge is 0.119 e. The molecule has 0 fully saturated rings. The number of aromatic amines is 1. The van der Waals surface area contributed by atoms with Gasteiger partial charge in [-0.05, 0) is 36.6 Å². The van der Waals surface area contributed by atoms with Crippen LogP contribution in [0.1, 0.15) is 29.7 Å². The molecule has 0 spiro atoms. The highest BCUT2D eigenvalue weighted by atomic mass is 16.3. The summed E-state index contributed by atoms with van der Waals surface area (Å²) in [5.74, 6) is 0.918. The van der Waals surface area contributed by atoms with E-state index in [0.29, 0.717) is 0 Å². The maximum Gasteiger partial charge on any atom is 0.119 e. The number of fused-ring (bicyclic) bond motifs is 2. The molecule has 19 heavy (non-hydrogen) atoms. The first-order valence-electron chi connectivity index (χ1n) is 6.65. The van der Waals surface area contributed by atoms with Gasteiger partial charge in [0.05, 0.1) is 6.26 Å². The van der Waals surface area contributed by atoms with Crippen LogP contribution in [0, 0.1) is 0 Å². The molecule has 1 aromatic carbocycles. The zero-order valence-corrected chi connectivity index (χ0v) is 10.5. The highest BCUT2D eigenvalue weighted by Crippen LogP contribution is 2.43. The molecule has 0 saturated carbocycles. The number of nitrogens with one attached hydrogen (secondary N) is 1. The lowest BCUT2D eigenvalue weighted by molar-refractivity contribution is 0.0604. The Balaban J connectivity index is 2.00. The normalized spacial score (nSPS) is 22.6. The first-order chi connectivity index (χ1) is 9.29. The highest BCUT2D eigenvalue weighted by Gasteiger charge is 2.38. The third-order valence-corrected chi connectivity index (χ3v) is 4.17. The summed E-state index contributed by atoms with van der Waals surface area (Å²) in [5.41, 5.74) is 2.02. The number of benzene rings is 1. The van der Waals surface area contributed by atoms with Crippen LogP contribution in [-0.2, 0) is 12.0 Å². The molecular formula is C16H15NO2. The van der Waals surface area contributed by atoms with E-state index in [-0.39, 0.29) is 0 Å². The lowest BCUT2D eigenvalue weighted by Crippen LogP contribution is -2.31. The van der Waals surface area contributed by atoms with E-state index in [2.05, 4.69) is 4.98 Å². The number of rotatable bonds is 1. The predicted molar refractivity (Wildman–Crippen MR) is 72.9 cm³/mol. The second kappa shape index (κ2) is 3.75. The molecule has 0 aliphatic heterocycles. The van der Waals surface area contributed by atoms with Gasteiger partial charge in [-0.15, -0.1) is 0 Å². The van der Waals surface area contributed by atoms with Crippen LogP contribution in [0.15, 0.2) is 47.2 Å². The van der Waals surface area contributed by atoms with E-state index in [0.717, 1.165) is 47.1 Å². The summed E-state index contributed by atoms with van der Waals surface area (Å²) < 4.78 is 5.50. The topological polar surface area (TPSA) is 49.2 Å². The molecule has 1 aliphatic carbocycles. The molecule has 3 heteroatoms. The van der Waals surface area contributed by atoms with Crippen molar-refractivity contribution in [3.8, 4) is 0 Å². The molecule has 96 valence electrons. The maximum absolute atomic E-state index is 11.2. The Kier molecular flexibility index (Phi) is 2.15. The fourth-order valence-corrected chi connectivity index (χ4v) is 3.27. The van der Waals surface area contributed by atoms with Gasteiger partial charge in [0.15, 0.2) is 0 Å². The van der Waals surface area contributed by atoms with Crippen LogP contribution >= 0.6 is 0 Å². The van der Waals surface area contributed by atoms with E-state index in [1.807, 2.05) is 36.5 Å². The van der Waals surface area contributed by atoms with E-state index in [4.69, 9.17) is 4.42 Å². The number of furan rings is 1. The Morgan fingerprint density at radius 1 is 1.16 bits per heavy atom. The molecule has 1 aliphatic rings. The molecular weight excluding hydrogens is 238 g/mol. The molecule has 0 saturated heterocycles. The number of aryl methyl sites for hydroxylation is 1. The molecule has 2 N–H and O–H groups in total. The van der Waals surface area contributed by atoms with Gasteiger partial charge in [-0.2, -0.15) is 0 Å². The molecule has 0 bridgehead atoms. The lowest BCUT2D eigenvalue weighted by atomic mass is 9.77. The summed E-state index contributed by atoms with van der Waals surface area (Å²) in [6.07, 6.45) is 6.18. The second-order valence-electron chi connectivity index (χ2n) is 5.22. The van der Waals surface area contributed by atoms with Gasteiger partial charge in [0.2, 0.25) is 0 Å². The Morgan fingerprint density at radius 3 is 3.05 bits per heavy atom. The summed E-state index contributed by atoms with van der Waals surface area (Å²) in [4.78, 5) is 3.20. The van der Waals surface area contributed by atoms with Gasteiger partial charge in [0.25, 0.3) is 0 Å². The molecule has 4 rings (SSSR count).